The summed E-state index contributed by atoms with van der Waals surface area (Å²) in [5.74, 6) is 2.85. The third-order valence-corrected chi connectivity index (χ3v) is 4.71. The van der Waals surface area contributed by atoms with Crippen molar-refractivity contribution in [1.29, 1.82) is 0 Å². The van der Waals surface area contributed by atoms with Gasteiger partial charge in [-0.2, -0.15) is 0 Å². The molecule has 1 aliphatic rings. The first-order valence-corrected chi connectivity index (χ1v) is 9.27. The van der Waals surface area contributed by atoms with Crippen LogP contribution in [0.2, 0.25) is 0 Å². The standard InChI is InChI=1S/C21H23N5O/c1-14-15(2)25-21(18-5-3-4-9-22-18)26-20(14)24-12-17-8-10-23-19(11-17)27-13-16-6-7-16/h3-5,8-11,16H,6-7,12-13H2,1-2H3,(H,24,25,26). The summed E-state index contributed by atoms with van der Waals surface area (Å²) in [5.41, 5.74) is 3.85. The molecule has 27 heavy (non-hydrogen) atoms. The van der Waals surface area contributed by atoms with Gasteiger partial charge in [0, 0.05) is 36.3 Å². The summed E-state index contributed by atoms with van der Waals surface area (Å²) in [4.78, 5) is 17.9. The average Bonchev–Trinajstić information content (AvgIpc) is 3.53. The van der Waals surface area contributed by atoms with Crippen molar-refractivity contribution in [1.82, 2.24) is 19.9 Å². The Balaban J connectivity index is 1.49. The zero-order valence-electron chi connectivity index (χ0n) is 15.6. The van der Waals surface area contributed by atoms with Crippen molar-refractivity contribution in [2.24, 2.45) is 5.92 Å². The van der Waals surface area contributed by atoms with Gasteiger partial charge >= 0.3 is 0 Å². The fourth-order valence-corrected chi connectivity index (χ4v) is 2.72. The first-order chi connectivity index (χ1) is 13.2. The minimum absolute atomic E-state index is 0.629. The van der Waals surface area contributed by atoms with Gasteiger partial charge in [0.25, 0.3) is 0 Å². The summed E-state index contributed by atoms with van der Waals surface area (Å²) < 4.78 is 5.77. The van der Waals surface area contributed by atoms with Crippen molar-refractivity contribution < 1.29 is 4.74 Å². The Morgan fingerprint density at radius 2 is 1.96 bits per heavy atom. The molecule has 6 nitrogen and oxygen atoms in total. The number of aromatic nitrogens is 4. The fraction of sp³-hybridized carbons (Fsp3) is 0.333. The van der Waals surface area contributed by atoms with E-state index in [1.54, 1.807) is 12.4 Å². The molecule has 4 rings (SSSR count). The lowest BCUT2D eigenvalue weighted by molar-refractivity contribution is 0.288. The molecule has 6 heteroatoms. The Kier molecular flexibility index (Phi) is 4.96. The fourth-order valence-electron chi connectivity index (χ4n) is 2.72. The predicted octanol–water partition coefficient (Wildman–Crippen LogP) is 3.95. The number of nitrogens with one attached hydrogen (secondary N) is 1. The highest BCUT2D eigenvalue weighted by Crippen LogP contribution is 2.29. The van der Waals surface area contributed by atoms with Gasteiger partial charge in [-0.25, -0.2) is 15.0 Å². The van der Waals surface area contributed by atoms with E-state index in [1.165, 1.54) is 12.8 Å². The molecule has 138 valence electrons. The van der Waals surface area contributed by atoms with Crippen LogP contribution in [0, 0.1) is 19.8 Å². The highest BCUT2D eigenvalue weighted by Gasteiger charge is 2.22. The van der Waals surface area contributed by atoms with Gasteiger partial charge in [-0.05, 0) is 56.4 Å². The second-order valence-electron chi connectivity index (χ2n) is 6.93. The number of ether oxygens (including phenoxy) is 1. The monoisotopic (exact) mass is 361 g/mol. The quantitative estimate of drug-likeness (QED) is 0.687. The van der Waals surface area contributed by atoms with Crippen LogP contribution >= 0.6 is 0 Å². The third kappa shape index (κ3) is 4.39. The maximum atomic E-state index is 5.77. The maximum Gasteiger partial charge on any atom is 0.213 e. The number of hydrogen-bond acceptors (Lipinski definition) is 6. The van der Waals surface area contributed by atoms with Crippen LogP contribution in [-0.4, -0.2) is 26.5 Å². The highest BCUT2D eigenvalue weighted by molar-refractivity contribution is 5.56. The van der Waals surface area contributed by atoms with Gasteiger partial charge in [0.15, 0.2) is 5.82 Å². The molecule has 0 amide bonds. The molecule has 3 heterocycles. The van der Waals surface area contributed by atoms with E-state index in [0.29, 0.717) is 24.2 Å². The second kappa shape index (κ2) is 7.70. The summed E-state index contributed by atoms with van der Waals surface area (Å²) in [6.45, 7) is 5.42. The van der Waals surface area contributed by atoms with Gasteiger partial charge in [0.05, 0.1) is 6.61 Å². The van der Waals surface area contributed by atoms with E-state index in [2.05, 4.69) is 25.3 Å². The van der Waals surface area contributed by atoms with Crippen molar-refractivity contribution >= 4 is 5.82 Å². The Morgan fingerprint density at radius 3 is 2.74 bits per heavy atom. The van der Waals surface area contributed by atoms with Crippen LogP contribution in [-0.2, 0) is 6.54 Å². The molecule has 1 fully saturated rings. The number of nitrogens with zero attached hydrogens (tertiary/aromatic N) is 4. The van der Waals surface area contributed by atoms with E-state index in [0.717, 1.165) is 34.9 Å². The third-order valence-electron chi connectivity index (χ3n) is 4.71. The van der Waals surface area contributed by atoms with Gasteiger partial charge in [-0.1, -0.05) is 6.07 Å². The van der Waals surface area contributed by atoms with Gasteiger partial charge < -0.3 is 10.1 Å². The summed E-state index contributed by atoms with van der Waals surface area (Å²) in [6, 6.07) is 9.71. The van der Waals surface area contributed by atoms with E-state index in [4.69, 9.17) is 4.74 Å². The number of anilines is 1. The van der Waals surface area contributed by atoms with Crippen LogP contribution in [0.3, 0.4) is 0 Å². The van der Waals surface area contributed by atoms with E-state index in [9.17, 15) is 0 Å². The summed E-state index contributed by atoms with van der Waals surface area (Å²) in [6.07, 6.45) is 6.08. The summed E-state index contributed by atoms with van der Waals surface area (Å²) in [7, 11) is 0. The average molecular weight is 361 g/mol. The molecule has 0 atom stereocenters. The molecule has 3 aromatic rings. The van der Waals surface area contributed by atoms with Crippen molar-refractivity contribution in [3.05, 3.63) is 59.5 Å². The molecule has 1 N–H and O–H groups in total. The molecule has 3 aromatic heterocycles. The van der Waals surface area contributed by atoms with Crippen LogP contribution in [0.15, 0.2) is 42.7 Å². The van der Waals surface area contributed by atoms with Gasteiger partial charge in [-0.3, -0.25) is 4.98 Å². The smallest absolute Gasteiger partial charge is 0.213 e. The Labute approximate surface area is 159 Å². The van der Waals surface area contributed by atoms with Crippen LogP contribution in [0.1, 0.15) is 29.7 Å². The molecule has 0 aromatic carbocycles. The van der Waals surface area contributed by atoms with E-state index in [-0.39, 0.29) is 0 Å². The minimum Gasteiger partial charge on any atom is -0.477 e. The molecule has 0 bridgehead atoms. The van der Waals surface area contributed by atoms with E-state index >= 15 is 0 Å². The largest absolute Gasteiger partial charge is 0.477 e. The Bertz CT molecular complexity index is 925. The number of rotatable bonds is 7. The first kappa shape index (κ1) is 17.4. The topological polar surface area (TPSA) is 72.8 Å². The van der Waals surface area contributed by atoms with Crippen molar-refractivity contribution in [2.45, 2.75) is 33.2 Å². The lowest BCUT2D eigenvalue weighted by Crippen LogP contribution is -2.08. The van der Waals surface area contributed by atoms with Crippen LogP contribution in [0.5, 0.6) is 5.88 Å². The molecule has 1 saturated carbocycles. The van der Waals surface area contributed by atoms with Crippen molar-refractivity contribution in [2.75, 3.05) is 11.9 Å². The second-order valence-corrected chi connectivity index (χ2v) is 6.93. The summed E-state index contributed by atoms with van der Waals surface area (Å²) >= 11 is 0. The zero-order valence-corrected chi connectivity index (χ0v) is 15.6. The highest BCUT2D eigenvalue weighted by atomic mass is 16.5. The zero-order chi connectivity index (χ0) is 18.6. The van der Waals surface area contributed by atoms with Crippen LogP contribution < -0.4 is 10.1 Å². The number of pyridine rings is 2. The molecular weight excluding hydrogens is 338 g/mol. The minimum atomic E-state index is 0.629. The van der Waals surface area contributed by atoms with Crippen molar-refractivity contribution in [3.63, 3.8) is 0 Å². The van der Waals surface area contributed by atoms with Crippen LogP contribution in [0.25, 0.3) is 11.5 Å². The van der Waals surface area contributed by atoms with Gasteiger partial charge in [-0.15, -0.1) is 0 Å². The number of aryl methyl sites for hydroxylation is 1. The van der Waals surface area contributed by atoms with Gasteiger partial charge in [0.1, 0.15) is 11.5 Å². The first-order valence-electron chi connectivity index (χ1n) is 9.27. The lowest BCUT2D eigenvalue weighted by Gasteiger charge is -2.13. The predicted molar refractivity (Wildman–Crippen MR) is 105 cm³/mol. The van der Waals surface area contributed by atoms with Gasteiger partial charge in [0.2, 0.25) is 5.88 Å². The maximum absolute atomic E-state index is 5.77. The molecule has 0 unspecified atom stereocenters. The molecule has 1 aliphatic carbocycles. The Hall–Kier alpha value is -3.02. The molecule has 0 saturated heterocycles. The summed E-state index contributed by atoms with van der Waals surface area (Å²) in [5, 5.41) is 3.42. The van der Waals surface area contributed by atoms with E-state index in [1.807, 2.05) is 44.2 Å². The molecule has 0 aliphatic heterocycles. The SMILES string of the molecule is Cc1nc(-c2ccccn2)nc(NCc2ccnc(OCC3CC3)c2)c1C. The normalized spacial score (nSPS) is 13.4. The molecular formula is C21H23N5O. The lowest BCUT2D eigenvalue weighted by atomic mass is 10.2. The number of hydrogen-bond donors (Lipinski definition) is 1. The van der Waals surface area contributed by atoms with E-state index < -0.39 is 0 Å². The van der Waals surface area contributed by atoms with Crippen LogP contribution in [0.4, 0.5) is 5.82 Å². The van der Waals surface area contributed by atoms with Crippen molar-refractivity contribution in [3.8, 4) is 17.4 Å². The molecule has 0 spiro atoms. The molecule has 0 radical (unpaired) electrons. The Morgan fingerprint density at radius 1 is 1.07 bits per heavy atom.